The van der Waals surface area contributed by atoms with E-state index < -0.39 is 10.4 Å². The number of hydrogen-bond acceptors (Lipinski definition) is 2. The first-order valence-electron chi connectivity index (χ1n) is 7.11. The topological polar surface area (TPSA) is 74.6 Å². The van der Waals surface area contributed by atoms with Gasteiger partial charge in [0.2, 0.25) is 0 Å². The molecule has 0 saturated heterocycles. The summed E-state index contributed by atoms with van der Waals surface area (Å²) in [5.74, 6) is 0. The number of rotatable bonds is 10. The Labute approximate surface area is 148 Å². The first-order chi connectivity index (χ1) is 8.41. The Kier molecular flexibility index (Phi) is 26.0. The van der Waals surface area contributed by atoms with Gasteiger partial charge in [0.1, 0.15) is 0 Å². The van der Waals surface area contributed by atoms with E-state index in [1.54, 1.807) is 0 Å². The van der Waals surface area contributed by atoms with Crippen molar-refractivity contribution in [2.45, 2.75) is 74.8 Å². The third kappa shape index (κ3) is 45.2. The second-order valence-corrected chi connectivity index (χ2v) is 6.53. The van der Waals surface area contributed by atoms with Crippen LogP contribution in [0.4, 0.5) is 0 Å². The van der Waals surface area contributed by atoms with Crippen LogP contribution >= 0.6 is 0 Å². The van der Waals surface area contributed by atoms with E-state index in [4.69, 9.17) is 17.5 Å². The summed E-state index contributed by atoms with van der Waals surface area (Å²) < 4.78 is 33.1. The van der Waals surface area contributed by atoms with Gasteiger partial charge in [0, 0.05) is 0 Å². The van der Waals surface area contributed by atoms with Gasteiger partial charge in [-0.1, -0.05) is 0 Å². The van der Waals surface area contributed by atoms with Gasteiger partial charge < -0.3 is 0 Å². The molecule has 0 spiro atoms. The minimum atomic E-state index is -4.67. The van der Waals surface area contributed by atoms with E-state index >= 15 is 0 Å². The van der Waals surface area contributed by atoms with E-state index in [9.17, 15) is 0 Å². The van der Waals surface area contributed by atoms with Crippen LogP contribution in [-0.2, 0) is 10.4 Å². The van der Waals surface area contributed by atoms with E-state index in [1.165, 1.54) is 95.8 Å². The fourth-order valence-electron chi connectivity index (χ4n) is 1.74. The Morgan fingerprint density at radius 1 is 0.789 bits per heavy atom. The van der Waals surface area contributed by atoms with Crippen LogP contribution in [0, 0.1) is 0 Å². The molecule has 0 aliphatic heterocycles. The predicted octanol–water partition coefficient (Wildman–Crippen LogP) is 3.19. The molecule has 0 aliphatic carbocycles. The van der Waals surface area contributed by atoms with E-state index in [0.29, 0.717) is 0 Å². The fraction of sp³-hybridized carbons (Fsp3) is 1.00. The second kappa shape index (κ2) is 19.5. The molecule has 0 aliphatic rings. The maximum atomic E-state index is 8.74. The van der Waals surface area contributed by atoms with Crippen LogP contribution in [-0.4, -0.2) is 64.3 Å². The third-order valence-corrected chi connectivity index (χ3v) is 3.41. The molecule has 0 radical (unpaired) electrons. The van der Waals surface area contributed by atoms with E-state index in [1.807, 2.05) is 0 Å². The second-order valence-electron chi connectivity index (χ2n) is 4.63. The van der Waals surface area contributed by atoms with Crippen molar-refractivity contribution in [1.82, 2.24) is 0 Å². The number of hydrogen-bond donors (Lipinski definition) is 2. The van der Waals surface area contributed by atoms with Crippen molar-refractivity contribution in [2.75, 3.05) is 0 Å². The molecule has 0 heterocycles. The van der Waals surface area contributed by atoms with Crippen LogP contribution in [0.3, 0.4) is 0 Å². The van der Waals surface area contributed by atoms with Crippen molar-refractivity contribution in [2.24, 2.45) is 0 Å². The molecule has 0 aromatic heterocycles. The summed E-state index contributed by atoms with van der Waals surface area (Å²) in [6, 6.07) is 0. The van der Waals surface area contributed by atoms with E-state index in [0.717, 1.165) is 0 Å². The van der Waals surface area contributed by atoms with Gasteiger partial charge in [-0.05, 0) is 0 Å². The molecule has 0 saturated carbocycles. The molecule has 0 bridgehead atoms. The zero-order valence-electron chi connectivity index (χ0n) is 11.9. The van der Waals surface area contributed by atoms with Crippen LogP contribution in [0.5, 0.6) is 0 Å². The summed E-state index contributed by atoms with van der Waals surface area (Å²) in [5.41, 5.74) is 0. The summed E-state index contributed by atoms with van der Waals surface area (Å²) in [5, 5.41) is 0. The predicted molar refractivity (Wildman–Crippen MR) is 83.7 cm³/mol. The molecular formula is C12H28LiNaO4S. The first-order valence-corrected chi connectivity index (χ1v) is 9.92. The van der Waals surface area contributed by atoms with Crippen molar-refractivity contribution in [3.8, 4) is 0 Å². The summed E-state index contributed by atoms with van der Waals surface area (Å²) in [7, 11) is -4.67. The molecule has 0 unspecified atom stereocenters. The van der Waals surface area contributed by atoms with E-state index in [-0.39, 0.29) is 18.9 Å². The van der Waals surface area contributed by atoms with Crippen LogP contribution in [0.15, 0.2) is 0 Å². The van der Waals surface area contributed by atoms with Gasteiger partial charge in [0.05, 0.1) is 0 Å². The van der Waals surface area contributed by atoms with Crippen LogP contribution in [0.2, 0.25) is 3.67 Å². The Balaban J connectivity index is -0.000000366. The van der Waals surface area contributed by atoms with Gasteiger partial charge in [0.25, 0.3) is 0 Å². The molecule has 0 atom stereocenters. The zero-order valence-corrected chi connectivity index (χ0v) is 14.7. The molecule has 2 N–H and O–H groups in total. The molecule has 0 aromatic rings. The van der Waals surface area contributed by atoms with Crippen molar-refractivity contribution < 1.29 is 17.5 Å². The standard InChI is InChI=1S/C12H25.Li.Na.H2O4S.H/c1-3-5-7-9-11-12-10-8-6-4-2;;;1-5(2,3)4;/h1,3-12H2,2H3;;;(H2,1,2,3,4);. The Hall–Kier alpha value is 1.47. The van der Waals surface area contributed by atoms with Crippen molar-refractivity contribution in [1.29, 1.82) is 0 Å². The van der Waals surface area contributed by atoms with Crippen molar-refractivity contribution in [3.63, 3.8) is 0 Å². The monoisotopic (exact) mass is 298 g/mol. The first kappa shape index (κ1) is 25.4. The summed E-state index contributed by atoms with van der Waals surface area (Å²) in [4.78, 5) is 0. The molecule has 4 nitrogen and oxygen atoms in total. The molecule has 19 heavy (non-hydrogen) atoms. The zero-order chi connectivity index (χ0) is 14.3. The molecule has 108 valence electrons. The summed E-state index contributed by atoms with van der Waals surface area (Å²) in [6.45, 7) is 2.29. The van der Waals surface area contributed by atoms with Gasteiger partial charge >= 0.3 is 132 Å². The van der Waals surface area contributed by atoms with Gasteiger partial charge in [0.15, 0.2) is 0 Å². The molecule has 7 heteroatoms. The van der Waals surface area contributed by atoms with Crippen LogP contribution in [0.25, 0.3) is 0 Å². The molecule has 0 aromatic carbocycles. The molecule has 0 rings (SSSR count). The Bertz CT molecular complexity index is 230. The minimum absolute atomic E-state index is 0. The fourth-order valence-corrected chi connectivity index (χ4v) is 2.24. The van der Waals surface area contributed by atoms with Crippen LogP contribution < -0.4 is 0 Å². The number of unbranched alkanes of at least 4 members (excludes halogenated alkanes) is 9. The van der Waals surface area contributed by atoms with Crippen LogP contribution in [0.1, 0.15) is 71.1 Å². The average Bonchev–Trinajstić information content (AvgIpc) is 2.25. The average molecular weight is 298 g/mol. The van der Waals surface area contributed by atoms with Gasteiger partial charge in [-0.3, -0.25) is 9.11 Å². The summed E-state index contributed by atoms with van der Waals surface area (Å²) >= 11 is 1.41. The normalized spacial score (nSPS) is 10.4. The Morgan fingerprint density at radius 3 is 1.32 bits per heavy atom. The third-order valence-electron chi connectivity index (χ3n) is 2.71. The van der Waals surface area contributed by atoms with Crippen molar-refractivity contribution in [3.05, 3.63) is 0 Å². The SMILES string of the molecule is CCCCCCCCCCC[CH2][Na].O=S(=O)(O)O.[LiH]. The maximum absolute atomic E-state index is 8.74. The van der Waals surface area contributed by atoms with Crippen molar-refractivity contribution >= 4 is 57.2 Å². The summed E-state index contributed by atoms with van der Waals surface area (Å²) in [6.07, 6.45) is 14.7. The van der Waals surface area contributed by atoms with E-state index in [2.05, 4.69) is 6.92 Å². The quantitative estimate of drug-likeness (QED) is 0.369. The van der Waals surface area contributed by atoms with Gasteiger partial charge in [-0.2, -0.15) is 8.42 Å². The van der Waals surface area contributed by atoms with Gasteiger partial charge in [-0.25, -0.2) is 0 Å². The Morgan fingerprint density at radius 2 is 1.05 bits per heavy atom. The molecular weight excluding hydrogens is 270 g/mol. The van der Waals surface area contributed by atoms with Gasteiger partial charge in [-0.15, -0.1) is 0 Å². The molecule has 0 fully saturated rings. The molecule has 0 amide bonds.